The quantitative estimate of drug-likeness (QED) is 0.646. The van der Waals surface area contributed by atoms with Gasteiger partial charge in [-0.25, -0.2) is 0 Å². The third kappa shape index (κ3) is 5.99. The van der Waals surface area contributed by atoms with Crippen molar-refractivity contribution < 1.29 is 5.11 Å². The van der Waals surface area contributed by atoms with Crippen LogP contribution in [0.2, 0.25) is 0 Å². The summed E-state index contributed by atoms with van der Waals surface area (Å²) in [4.78, 5) is 0. The first kappa shape index (κ1) is 18.5. The molecule has 0 aromatic rings. The van der Waals surface area contributed by atoms with Gasteiger partial charge in [0.25, 0.3) is 0 Å². The van der Waals surface area contributed by atoms with E-state index >= 15 is 0 Å². The maximum atomic E-state index is 9.20. The van der Waals surface area contributed by atoms with Gasteiger partial charge >= 0.3 is 0 Å². The average Bonchev–Trinajstić information content (AvgIpc) is 2.28. The smallest absolute Gasteiger partial charge is 0.0453 e. The fourth-order valence-corrected chi connectivity index (χ4v) is 2.54. The molecule has 0 fully saturated rings. The molecule has 2 N–H and O–H groups in total. The molecule has 0 saturated carbocycles. The van der Waals surface area contributed by atoms with Gasteiger partial charge in [0.2, 0.25) is 0 Å². The van der Waals surface area contributed by atoms with E-state index in [0.717, 1.165) is 25.0 Å². The molecule has 19 heavy (non-hydrogen) atoms. The van der Waals surface area contributed by atoms with E-state index in [2.05, 4.69) is 60.4 Å². The summed E-state index contributed by atoms with van der Waals surface area (Å²) in [5, 5.41) is 12.8. The minimum Gasteiger partial charge on any atom is -0.396 e. The van der Waals surface area contributed by atoms with Crippen LogP contribution >= 0.6 is 0 Å². The van der Waals surface area contributed by atoms with Gasteiger partial charge < -0.3 is 10.4 Å². The molecule has 0 aliphatic rings. The summed E-state index contributed by atoms with van der Waals surface area (Å²) < 4.78 is 0. The zero-order valence-electron chi connectivity index (χ0n) is 14.2. The van der Waals surface area contributed by atoms with Gasteiger partial charge in [0.15, 0.2) is 0 Å². The van der Waals surface area contributed by atoms with E-state index in [1.807, 2.05) is 0 Å². The van der Waals surface area contributed by atoms with Crippen molar-refractivity contribution in [2.75, 3.05) is 6.61 Å². The van der Waals surface area contributed by atoms with Crippen LogP contribution in [-0.4, -0.2) is 17.3 Å². The Hall–Kier alpha value is -0.500. The standard InChI is InChI=1S/C17H35NO/c1-9-15(4,5)13-16(6,7)14(3)18-17(8,10-2)11-12-19/h18-19H,3,9-13H2,1-2,4-8H3. The van der Waals surface area contributed by atoms with Crippen LogP contribution in [0.5, 0.6) is 0 Å². The van der Waals surface area contributed by atoms with E-state index in [4.69, 9.17) is 0 Å². The Labute approximate surface area is 120 Å². The predicted octanol–water partition coefficient (Wildman–Crippen LogP) is 4.49. The lowest BCUT2D eigenvalue weighted by Gasteiger charge is -2.41. The second-order valence-electron chi connectivity index (χ2n) is 7.57. The monoisotopic (exact) mass is 269 g/mol. The summed E-state index contributed by atoms with van der Waals surface area (Å²) in [6.07, 6.45) is 4.03. The Bertz CT molecular complexity index is 294. The fraction of sp³-hybridized carbons (Fsp3) is 0.882. The highest BCUT2D eigenvalue weighted by Crippen LogP contribution is 2.40. The van der Waals surface area contributed by atoms with Crippen LogP contribution < -0.4 is 5.32 Å². The summed E-state index contributed by atoms with van der Waals surface area (Å²) in [6, 6.07) is 0. The maximum Gasteiger partial charge on any atom is 0.0453 e. The Balaban J connectivity index is 4.80. The van der Waals surface area contributed by atoms with Gasteiger partial charge in [-0.3, -0.25) is 0 Å². The van der Waals surface area contributed by atoms with Crippen LogP contribution in [0, 0.1) is 10.8 Å². The first-order chi connectivity index (χ1) is 8.52. The van der Waals surface area contributed by atoms with Gasteiger partial charge in [-0.05, 0) is 31.6 Å². The zero-order chi connectivity index (χ0) is 15.3. The summed E-state index contributed by atoms with van der Waals surface area (Å²) >= 11 is 0. The van der Waals surface area contributed by atoms with Gasteiger partial charge in [0.1, 0.15) is 0 Å². The van der Waals surface area contributed by atoms with Crippen molar-refractivity contribution in [3.8, 4) is 0 Å². The molecular weight excluding hydrogens is 234 g/mol. The summed E-state index contributed by atoms with van der Waals surface area (Å²) in [6.45, 7) is 20.2. The van der Waals surface area contributed by atoms with Crippen molar-refractivity contribution in [3.05, 3.63) is 12.3 Å². The van der Waals surface area contributed by atoms with Crippen LogP contribution in [0.3, 0.4) is 0 Å². The Morgan fingerprint density at radius 1 is 1.05 bits per heavy atom. The molecule has 0 saturated heterocycles. The van der Waals surface area contributed by atoms with Gasteiger partial charge in [0, 0.05) is 23.3 Å². The van der Waals surface area contributed by atoms with Crippen LogP contribution in [0.1, 0.15) is 74.1 Å². The summed E-state index contributed by atoms with van der Waals surface area (Å²) in [7, 11) is 0. The second kappa shape index (κ2) is 6.78. The third-order valence-corrected chi connectivity index (χ3v) is 4.59. The lowest BCUT2D eigenvalue weighted by molar-refractivity contribution is 0.184. The zero-order valence-corrected chi connectivity index (χ0v) is 14.2. The molecule has 0 aliphatic heterocycles. The van der Waals surface area contributed by atoms with Crippen LogP contribution in [0.25, 0.3) is 0 Å². The number of allylic oxidation sites excluding steroid dienone is 1. The van der Waals surface area contributed by atoms with Crippen LogP contribution in [0.15, 0.2) is 12.3 Å². The minimum atomic E-state index is -0.0561. The lowest BCUT2D eigenvalue weighted by atomic mass is 9.72. The third-order valence-electron chi connectivity index (χ3n) is 4.59. The maximum absolute atomic E-state index is 9.20. The first-order valence-electron chi connectivity index (χ1n) is 7.60. The van der Waals surface area contributed by atoms with Gasteiger partial charge in [-0.15, -0.1) is 0 Å². The summed E-state index contributed by atoms with van der Waals surface area (Å²) in [5.74, 6) is 0. The molecule has 0 spiro atoms. The molecular formula is C17H35NO. The van der Waals surface area contributed by atoms with E-state index in [1.165, 1.54) is 6.42 Å². The van der Waals surface area contributed by atoms with Gasteiger partial charge in [0.05, 0.1) is 0 Å². The van der Waals surface area contributed by atoms with Crippen LogP contribution in [-0.2, 0) is 0 Å². The highest BCUT2D eigenvalue weighted by atomic mass is 16.3. The van der Waals surface area contributed by atoms with Crippen molar-refractivity contribution in [2.45, 2.75) is 79.7 Å². The number of hydrogen-bond acceptors (Lipinski definition) is 2. The van der Waals surface area contributed by atoms with Crippen molar-refractivity contribution in [1.29, 1.82) is 0 Å². The number of hydrogen-bond donors (Lipinski definition) is 2. The Morgan fingerprint density at radius 2 is 1.58 bits per heavy atom. The number of rotatable bonds is 9. The molecule has 114 valence electrons. The first-order valence-corrected chi connectivity index (χ1v) is 7.60. The van der Waals surface area contributed by atoms with E-state index in [0.29, 0.717) is 5.41 Å². The molecule has 1 atom stereocenters. The van der Waals surface area contributed by atoms with E-state index in [-0.39, 0.29) is 17.6 Å². The van der Waals surface area contributed by atoms with E-state index < -0.39 is 0 Å². The van der Waals surface area contributed by atoms with Crippen molar-refractivity contribution in [3.63, 3.8) is 0 Å². The topological polar surface area (TPSA) is 32.3 Å². The highest BCUT2D eigenvalue weighted by Gasteiger charge is 2.33. The molecule has 0 rings (SSSR count). The largest absolute Gasteiger partial charge is 0.396 e. The van der Waals surface area contributed by atoms with E-state index in [9.17, 15) is 5.11 Å². The predicted molar refractivity (Wildman–Crippen MR) is 85.1 cm³/mol. The SMILES string of the molecule is C=C(NC(C)(CC)CCO)C(C)(C)CC(C)(C)CC. The molecule has 0 amide bonds. The highest BCUT2D eigenvalue weighted by molar-refractivity contribution is 5.09. The lowest BCUT2D eigenvalue weighted by Crippen LogP contribution is -2.45. The molecule has 0 heterocycles. The van der Waals surface area contributed by atoms with Crippen molar-refractivity contribution in [2.24, 2.45) is 10.8 Å². The van der Waals surface area contributed by atoms with Crippen molar-refractivity contribution in [1.82, 2.24) is 5.32 Å². The molecule has 0 aromatic heterocycles. The number of nitrogens with one attached hydrogen (secondary N) is 1. The molecule has 0 bridgehead atoms. The molecule has 0 aliphatic carbocycles. The molecule has 0 radical (unpaired) electrons. The average molecular weight is 269 g/mol. The Morgan fingerprint density at radius 3 is 1.95 bits per heavy atom. The van der Waals surface area contributed by atoms with E-state index in [1.54, 1.807) is 0 Å². The molecule has 2 heteroatoms. The molecule has 1 unspecified atom stereocenters. The van der Waals surface area contributed by atoms with Crippen LogP contribution in [0.4, 0.5) is 0 Å². The number of aliphatic hydroxyl groups is 1. The fourth-order valence-electron chi connectivity index (χ4n) is 2.54. The van der Waals surface area contributed by atoms with Gasteiger partial charge in [-0.2, -0.15) is 0 Å². The Kier molecular flexibility index (Phi) is 6.61. The summed E-state index contributed by atoms with van der Waals surface area (Å²) in [5.41, 5.74) is 1.42. The van der Waals surface area contributed by atoms with Crippen molar-refractivity contribution >= 4 is 0 Å². The molecule has 0 aromatic carbocycles. The van der Waals surface area contributed by atoms with Gasteiger partial charge in [-0.1, -0.05) is 54.5 Å². The molecule has 2 nitrogen and oxygen atoms in total. The minimum absolute atomic E-state index is 0.0561. The number of aliphatic hydroxyl groups excluding tert-OH is 1. The normalized spacial score (nSPS) is 16.0. The second-order valence-corrected chi connectivity index (χ2v) is 7.57.